The van der Waals surface area contributed by atoms with Crippen LogP contribution < -0.4 is 19.5 Å². The summed E-state index contributed by atoms with van der Waals surface area (Å²) in [5.41, 5.74) is 0.886. The molecule has 0 spiro atoms. The summed E-state index contributed by atoms with van der Waals surface area (Å²) in [5.74, 6) is -0.848. The fourth-order valence-corrected chi connectivity index (χ4v) is 2.50. The Kier molecular flexibility index (Phi) is 8.04. The average molecular weight is 417 g/mol. The van der Waals surface area contributed by atoms with Gasteiger partial charge < -0.3 is 29.0 Å². The fraction of sp³-hybridized carbons (Fsp3) is 0.286. The lowest BCUT2D eigenvalue weighted by molar-refractivity contribution is -0.119. The second kappa shape index (κ2) is 10.7. The molecule has 0 saturated carbocycles. The predicted octanol–water partition coefficient (Wildman–Crippen LogP) is 2.68. The number of amides is 1. The molecule has 0 atom stereocenters. The Morgan fingerprint density at radius 3 is 1.97 bits per heavy atom. The van der Waals surface area contributed by atoms with Crippen LogP contribution in [-0.2, 0) is 14.3 Å². The number of nitrogens with one attached hydrogen (secondary N) is 1. The van der Waals surface area contributed by atoms with Gasteiger partial charge in [-0.05, 0) is 31.2 Å². The standard InChI is InChI=1S/C21H23NO8/c1-5-29-20(24)13-6-8-14(9-7-13)22-19(23)12-30-21(25)15-10-17(27-3)18(28-4)11-16(15)26-2/h6-11H,5,12H2,1-4H3,(H,22,23). The third kappa shape index (κ3) is 5.63. The summed E-state index contributed by atoms with van der Waals surface area (Å²) in [4.78, 5) is 36.1. The summed E-state index contributed by atoms with van der Waals surface area (Å²) < 4.78 is 25.5. The molecule has 0 aliphatic carbocycles. The summed E-state index contributed by atoms with van der Waals surface area (Å²) in [6.45, 7) is 1.47. The maximum atomic E-state index is 12.4. The van der Waals surface area contributed by atoms with Crippen molar-refractivity contribution >= 4 is 23.5 Å². The molecule has 0 bridgehead atoms. The first-order chi connectivity index (χ1) is 14.4. The van der Waals surface area contributed by atoms with E-state index in [1.807, 2.05) is 0 Å². The van der Waals surface area contributed by atoms with Crippen LogP contribution in [0.3, 0.4) is 0 Å². The van der Waals surface area contributed by atoms with E-state index in [9.17, 15) is 14.4 Å². The Morgan fingerprint density at radius 2 is 1.40 bits per heavy atom. The minimum Gasteiger partial charge on any atom is -0.496 e. The van der Waals surface area contributed by atoms with Gasteiger partial charge >= 0.3 is 11.9 Å². The number of methoxy groups -OCH3 is 3. The van der Waals surface area contributed by atoms with Crippen LogP contribution >= 0.6 is 0 Å². The van der Waals surface area contributed by atoms with Crippen molar-refractivity contribution in [3.05, 3.63) is 47.5 Å². The molecular weight excluding hydrogens is 394 g/mol. The smallest absolute Gasteiger partial charge is 0.342 e. The third-order valence-corrected chi connectivity index (χ3v) is 3.94. The van der Waals surface area contributed by atoms with Gasteiger partial charge in [-0.2, -0.15) is 0 Å². The summed E-state index contributed by atoms with van der Waals surface area (Å²) >= 11 is 0. The normalized spacial score (nSPS) is 10.0. The van der Waals surface area contributed by atoms with Gasteiger partial charge in [-0.15, -0.1) is 0 Å². The van der Waals surface area contributed by atoms with Crippen LogP contribution in [0.25, 0.3) is 0 Å². The van der Waals surface area contributed by atoms with E-state index in [0.29, 0.717) is 22.7 Å². The highest BCUT2D eigenvalue weighted by Gasteiger charge is 2.20. The molecule has 0 radical (unpaired) electrons. The molecule has 0 unspecified atom stereocenters. The van der Waals surface area contributed by atoms with Crippen molar-refractivity contribution in [1.82, 2.24) is 0 Å². The molecule has 9 nitrogen and oxygen atoms in total. The maximum absolute atomic E-state index is 12.4. The molecule has 2 aromatic rings. The summed E-state index contributed by atoms with van der Waals surface area (Å²) in [6.07, 6.45) is 0. The van der Waals surface area contributed by atoms with Crippen LogP contribution in [0.15, 0.2) is 36.4 Å². The molecule has 2 aromatic carbocycles. The summed E-state index contributed by atoms with van der Waals surface area (Å²) in [7, 11) is 4.28. The third-order valence-electron chi connectivity index (χ3n) is 3.94. The van der Waals surface area contributed by atoms with Crippen molar-refractivity contribution in [3.63, 3.8) is 0 Å². The molecule has 9 heteroatoms. The Balaban J connectivity index is 1.99. The SMILES string of the molecule is CCOC(=O)c1ccc(NC(=O)COC(=O)c2cc(OC)c(OC)cc2OC)cc1. The fourth-order valence-electron chi connectivity index (χ4n) is 2.50. The molecule has 0 saturated heterocycles. The van der Waals surface area contributed by atoms with Gasteiger partial charge in [0, 0.05) is 17.8 Å². The number of esters is 2. The van der Waals surface area contributed by atoms with Crippen molar-refractivity contribution in [2.75, 3.05) is 39.9 Å². The van der Waals surface area contributed by atoms with Crippen LogP contribution in [-0.4, -0.2) is 52.4 Å². The maximum Gasteiger partial charge on any atom is 0.342 e. The van der Waals surface area contributed by atoms with Crippen molar-refractivity contribution in [1.29, 1.82) is 0 Å². The minimum absolute atomic E-state index is 0.0849. The van der Waals surface area contributed by atoms with Gasteiger partial charge in [0.05, 0.1) is 33.5 Å². The first-order valence-electron chi connectivity index (χ1n) is 8.97. The molecular formula is C21H23NO8. The molecule has 30 heavy (non-hydrogen) atoms. The zero-order valence-electron chi connectivity index (χ0n) is 17.1. The molecule has 0 aliphatic heterocycles. The molecule has 1 amide bonds. The van der Waals surface area contributed by atoms with E-state index >= 15 is 0 Å². The molecule has 0 aromatic heterocycles. The summed E-state index contributed by atoms with van der Waals surface area (Å²) in [5, 5.41) is 2.57. The number of ether oxygens (including phenoxy) is 5. The molecule has 0 fully saturated rings. The van der Waals surface area contributed by atoms with E-state index in [-0.39, 0.29) is 17.9 Å². The average Bonchev–Trinajstić information content (AvgIpc) is 2.77. The summed E-state index contributed by atoms with van der Waals surface area (Å²) in [6, 6.07) is 9.03. The van der Waals surface area contributed by atoms with Crippen LogP contribution in [0.2, 0.25) is 0 Å². The number of hydrogen-bond acceptors (Lipinski definition) is 8. The Hall–Kier alpha value is -3.75. The van der Waals surface area contributed by atoms with Gasteiger partial charge in [-0.3, -0.25) is 4.79 Å². The largest absolute Gasteiger partial charge is 0.496 e. The second-order valence-electron chi connectivity index (χ2n) is 5.83. The van der Waals surface area contributed by atoms with Gasteiger partial charge in [0.15, 0.2) is 18.1 Å². The lowest BCUT2D eigenvalue weighted by Gasteiger charge is -2.13. The highest BCUT2D eigenvalue weighted by molar-refractivity contribution is 5.97. The molecule has 160 valence electrons. The zero-order valence-corrected chi connectivity index (χ0v) is 17.1. The molecule has 0 aliphatic rings. The number of hydrogen-bond donors (Lipinski definition) is 1. The first-order valence-corrected chi connectivity index (χ1v) is 8.97. The quantitative estimate of drug-likeness (QED) is 0.620. The van der Waals surface area contributed by atoms with Gasteiger partial charge in [-0.1, -0.05) is 0 Å². The number of benzene rings is 2. The van der Waals surface area contributed by atoms with Crippen molar-refractivity contribution < 1.29 is 38.1 Å². The van der Waals surface area contributed by atoms with E-state index in [2.05, 4.69) is 5.32 Å². The van der Waals surface area contributed by atoms with Crippen LogP contribution in [0, 0.1) is 0 Å². The number of carbonyl (C=O) groups excluding carboxylic acids is 3. The van der Waals surface area contributed by atoms with Crippen LogP contribution in [0.4, 0.5) is 5.69 Å². The first kappa shape index (κ1) is 22.5. The number of anilines is 1. The lowest BCUT2D eigenvalue weighted by Crippen LogP contribution is -2.21. The van der Waals surface area contributed by atoms with E-state index in [1.54, 1.807) is 19.1 Å². The van der Waals surface area contributed by atoms with Crippen molar-refractivity contribution in [2.24, 2.45) is 0 Å². The Bertz CT molecular complexity index is 908. The van der Waals surface area contributed by atoms with Crippen molar-refractivity contribution in [2.45, 2.75) is 6.92 Å². The highest BCUT2D eigenvalue weighted by atomic mass is 16.5. The van der Waals surface area contributed by atoms with Gasteiger partial charge in [0.2, 0.25) is 0 Å². The van der Waals surface area contributed by atoms with Gasteiger partial charge in [0.1, 0.15) is 11.3 Å². The van der Waals surface area contributed by atoms with Gasteiger partial charge in [-0.25, -0.2) is 9.59 Å². The van der Waals surface area contributed by atoms with E-state index < -0.39 is 24.5 Å². The van der Waals surface area contributed by atoms with E-state index in [0.717, 1.165) is 0 Å². The Morgan fingerprint density at radius 1 is 0.800 bits per heavy atom. The van der Waals surface area contributed by atoms with Crippen LogP contribution in [0.5, 0.6) is 17.2 Å². The van der Waals surface area contributed by atoms with Gasteiger partial charge in [0.25, 0.3) is 5.91 Å². The topological polar surface area (TPSA) is 109 Å². The Labute approximate surface area is 173 Å². The van der Waals surface area contributed by atoms with Crippen molar-refractivity contribution in [3.8, 4) is 17.2 Å². The van der Waals surface area contributed by atoms with E-state index in [1.165, 1.54) is 45.6 Å². The predicted molar refractivity (Wildman–Crippen MR) is 107 cm³/mol. The monoisotopic (exact) mass is 417 g/mol. The number of rotatable bonds is 9. The highest BCUT2D eigenvalue weighted by Crippen LogP contribution is 2.34. The molecule has 0 heterocycles. The zero-order chi connectivity index (χ0) is 22.1. The lowest BCUT2D eigenvalue weighted by atomic mass is 10.1. The second-order valence-corrected chi connectivity index (χ2v) is 5.83. The van der Waals surface area contributed by atoms with Crippen LogP contribution in [0.1, 0.15) is 27.6 Å². The number of carbonyl (C=O) groups is 3. The molecule has 2 rings (SSSR count). The molecule has 1 N–H and O–H groups in total. The minimum atomic E-state index is -0.763. The van der Waals surface area contributed by atoms with E-state index in [4.69, 9.17) is 23.7 Å².